The van der Waals surface area contributed by atoms with Crippen LogP contribution in [-0.2, 0) is 66.1 Å². The van der Waals surface area contributed by atoms with Gasteiger partial charge in [-0.25, -0.2) is 0 Å². The van der Waals surface area contributed by atoms with Gasteiger partial charge in [-0.15, -0.1) is 0 Å². The van der Waals surface area contributed by atoms with Crippen molar-refractivity contribution in [3.05, 3.63) is 60.7 Å². The summed E-state index contributed by atoms with van der Waals surface area (Å²) in [4.78, 5) is 10.4. The van der Waals surface area contributed by atoms with Gasteiger partial charge in [0.15, 0.2) is 0 Å². The second-order valence-corrected chi connectivity index (χ2v) is 18.3. The van der Waals surface area contributed by atoms with Crippen molar-refractivity contribution in [2.75, 3.05) is 165 Å². The van der Waals surface area contributed by atoms with Crippen molar-refractivity contribution in [3.63, 3.8) is 0 Å². The molecular weight excluding hydrogens is 785 g/mol. The van der Waals surface area contributed by atoms with Gasteiger partial charge in [-0.3, -0.25) is 4.79 Å². The Morgan fingerprint density at radius 2 is 0.610 bits per heavy atom. The van der Waals surface area contributed by atoms with Crippen molar-refractivity contribution < 1.29 is 71.2 Å². The fourth-order valence-corrected chi connectivity index (χ4v) is 10.2. The fourth-order valence-electron chi connectivity index (χ4n) is 5.70. The van der Waals surface area contributed by atoms with Crippen molar-refractivity contribution >= 4 is 24.7 Å². The minimum Gasteiger partial charge on any atom is -0.481 e. The first-order chi connectivity index (χ1) is 28.9. The number of carboxylic acids is 1. The lowest BCUT2D eigenvalue weighted by molar-refractivity contribution is -0.138. The Balaban J connectivity index is 1.26. The van der Waals surface area contributed by atoms with Crippen LogP contribution in [0.15, 0.2) is 60.7 Å². The van der Waals surface area contributed by atoms with Crippen LogP contribution >= 0.6 is 0 Å². The van der Waals surface area contributed by atoms with Crippen LogP contribution in [0.1, 0.15) is 27.2 Å². The van der Waals surface area contributed by atoms with Crippen molar-refractivity contribution in [2.24, 2.45) is 0 Å². The molecule has 0 atom stereocenters. The maximum absolute atomic E-state index is 10.4. The molecule has 1 N–H and O–H groups in total. The van der Waals surface area contributed by atoms with Gasteiger partial charge in [0.05, 0.1) is 172 Å². The summed E-state index contributed by atoms with van der Waals surface area (Å²) in [7, 11) is -2.55. The molecule has 0 saturated heterocycles. The van der Waals surface area contributed by atoms with Crippen LogP contribution in [-0.4, -0.2) is 185 Å². The van der Waals surface area contributed by atoms with E-state index in [-0.39, 0.29) is 18.1 Å². The molecule has 0 radical (unpaired) electrons. The molecule has 0 fully saturated rings. The molecule has 0 spiro atoms. The smallest absolute Gasteiger partial charge is 0.305 e. The van der Waals surface area contributed by atoms with Crippen LogP contribution in [0.2, 0.25) is 5.04 Å². The van der Waals surface area contributed by atoms with Gasteiger partial charge < -0.3 is 66.4 Å². The number of aliphatic carboxylic acids is 1. The minimum atomic E-state index is -2.55. The highest BCUT2D eigenvalue weighted by Gasteiger charge is 2.50. The first-order valence-electron chi connectivity index (χ1n) is 20.8. The molecule has 0 aliphatic carbocycles. The van der Waals surface area contributed by atoms with Gasteiger partial charge in [-0.2, -0.15) is 0 Å². The lowest BCUT2D eigenvalue weighted by atomic mass is 10.2. The molecule has 0 aliphatic rings. The van der Waals surface area contributed by atoms with Gasteiger partial charge in [0.1, 0.15) is 0 Å². The summed E-state index contributed by atoms with van der Waals surface area (Å²) in [5.41, 5.74) is 0. The highest BCUT2D eigenvalue weighted by Crippen LogP contribution is 2.36. The molecule has 59 heavy (non-hydrogen) atoms. The molecule has 0 heterocycles. The summed E-state index contributed by atoms with van der Waals surface area (Å²) in [5.74, 6) is -0.876. The average molecular weight is 857 g/mol. The summed E-state index contributed by atoms with van der Waals surface area (Å²) in [6.07, 6.45) is -0.00499. The predicted octanol–water partition coefficient (Wildman–Crippen LogP) is 3.24. The summed E-state index contributed by atoms with van der Waals surface area (Å²) in [5, 5.41) is 11.0. The molecule has 0 bridgehead atoms. The van der Waals surface area contributed by atoms with Gasteiger partial charge in [0, 0.05) is 0 Å². The zero-order chi connectivity index (χ0) is 42.4. The third kappa shape index (κ3) is 26.5. The van der Waals surface area contributed by atoms with E-state index in [1.165, 1.54) is 10.4 Å². The second kappa shape index (κ2) is 36.3. The lowest BCUT2D eigenvalue weighted by Crippen LogP contribution is -2.66. The monoisotopic (exact) mass is 856 g/mol. The van der Waals surface area contributed by atoms with E-state index in [1.54, 1.807) is 0 Å². The molecule has 16 heteroatoms. The summed E-state index contributed by atoms with van der Waals surface area (Å²) in [6, 6.07) is 21.2. The topological polar surface area (TPSA) is 157 Å². The van der Waals surface area contributed by atoms with Crippen LogP contribution in [0.4, 0.5) is 0 Å². The molecule has 15 nitrogen and oxygen atoms in total. The van der Waals surface area contributed by atoms with E-state index in [1.807, 2.05) is 0 Å². The van der Waals surface area contributed by atoms with Crippen molar-refractivity contribution in [1.82, 2.24) is 0 Å². The number of hydrogen-bond acceptors (Lipinski definition) is 14. The quantitative estimate of drug-likeness (QED) is 0.0767. The van der Waals surface area contributed by atoms with Crippen LogP contribution in [0, 0.1) is 0 Å². The number of hydrogen-bond donors (Lipinski definition) is 1. The Bertz CT molecular complexity index is 1180. The van der Waals surface area contributed by atoms with Crippen molar-refractivity contribution in [1.29, 1.82) is 0 Å². The number of carbonyl (C=O) groups is 1. The normalized spacial score (nSPS) is 12.1. The first-order valence-corrected chi connectivity index (χ1v) is 22.7. The second-order valence-electron chi connectivity index (χ2n) is 14.0. The Kier molecular flexibility index (Phi) is 32.4. The maximum Gasteiger partial charge on any atom is 0.305 e. The van der Waals surface area contributed by atoms with E-state index in [9.17, 15) is 4.79 Å². The van der Waals surface area contributed by atoms with Crippen molar-refractivity contribution in [2.45, 2.75) is 32.2 Å². The molecule has 2 aromatic carbocycles. The standard InChI is InChI=1S/C43H72O15Si/c1-43(2,3)59(40-10-6-4-7-11-40,41-12-8-5-9-13-41)58-39-38-57-37-36-56-35-34-55-33-32-54-31-30-53-29-28-52-27-26-51-25-24-50-23-22-49-21-20-48-19-18-47-17-16-46-15-14-42(44)45/h4-13H,14-39H2,1-3H3,(H,44,45). The van der Waals surface area contributed by atoms with Gasteiger partial charge in [0.25, 0.3) is 8.32 Å². The van der Waals surface area contributed by atoms with E-state index in [4.69, 9.17) is 66.4 Å². The molecule has 2 rings (SSSR count). The van der Waals surface area contributed by atoms with E-state index in [0.717, 1.165) is 0 Å². The zero-order valence-corrected chi connectivity index (χ0v) is 36.8. The van der Waals surface area contributed by atoms with E-state index in [2.05, 4.69) is 81.4 Å². The Morgan fingerprint density at radius 1 is 0.390 bits per heavy atom. The molecular formula is C43H72O15Si. The lowest BCUT2D eigenvalue weighted by Gasteiger charge is -2.43. The van der Waals surface area contributed by atoms with Gasteiger partial charge in [-0.05, 0) is 15.4 Å². The third-order valence-corrected chi connectivity index (χ3v) is 13.6. The van der Waals surface area contributed by atoms with Crippen molar-refractivity contribution in [3.8, 4) is 0 Å². The molecule has 2 aromatic rings. The molecule has 0 unspecified atom stereocenters. The van der Waals surface area contributed by atoms with Crippen LogP contribution in [0.25, 0.3) is 0 Å². The number of carboxylic acid groups (broad SMARTS) is 1. The largest absolute Gasteiger partial charge is 0.481 e. The summed E-state index contributed by atoms with van der Waals surface area (Å²) >= 11 is 0. The fraction of sp³-hybridized carbons (Fsp3) is 0.698. The third-order valence-electron chi connectivity index (χ3n) is 8.52. The summed E-state index contributed by atoms with van der Waals surface area (Å²) in [6.45, 7) is 18.5. The number of rotatable bonds is 42. The minimum absolute atomic E-state index is 0.00499. The molecule has 0 aliphatic heterocycles. The zero-order valence-electron chi connectivity index (χ0n) is 35.8. The van der Waals surface area contributed by atoms with Crippen LogP contribution in [0.5, 0.6) is 0 Å². The van der Waals surface area contributed by atoms with Gasteiger partial charge in [-0.1, -0.05) is 81.4 Å². The molecule has 0 saturated carbocycles. The highest BCUT2D eigenvalue weighted by atomic mass is 28.4. The van der Waals surface area contributed by atoms with E-state index in [0.29, 0.717) is 159 Å². The van der Waals surface area contributed by atoms with Crippen LogP contribution < -0.4 is 10.4 Å². The maximum atomic E-state index is 10.4. The molecule has 338 valence electrons. The summed E-state index contributed by atoms with van der Waals surface area (Å²) < 4.78 is 72.8. The predicted molar refractivity (Wildman–Crippen MR) is 226 cm³/mol. The average Bonchev–Trinajstić information content (AvgIpc) is 3.23. The Morgan fingerprint density at radius 3 is 0.831 bits per heavy atom. The number of ether oxygens (including phenoxy) is 12. The number of benzene rings is 2. The van der Waals surface area contributed by atoms with E-state index >= 15 is 0 Å². The van der Waals surface area contributed by atoms with Gasteiger partial charge in [0.2, 0.25) is 0 Å². The van der Waals surface area contributed by atoms with Gasteiger partial charge >= 0.3 is 5.97 Å². The molecule has 0 amide bonds. The Hall–Kier alpha value is -2.39. The first kappa shape index (κ1) is 52.7. The van der Waals surface area contributed by atoms with E-state index < -0.39 is 14.3 Å². The highest BCUT2D eigenvalue weighted by molar-refractivity contribution is 6.99. The van der Waals surface area contributed by atoms with Crippen LogP contribution in [0.3, 0.4) is 0 Å². The SMILES string of the molecule is CC(C)(C)[Si](OCCOCCOCCOCCOCCOCCOCCOCCOCCOCCOCCOCCOCCC(=O)O)(c1ccccc1)c1ccccc1. The molecule has 0 aromatic heterocycles. The Labute approximate surface area is 353 Å².